The second kappa shape index (κ2) is 11.3. The van der Waals surface area contributed by atoms with Crippen LogP contribution in [-0.4, -0.2) is 50.3 Å². The molecule has 0 radical (unpaired) electrons. The molecule has 0 amide bonds. The summed E-state index contributed by atoms with van der Waals surface area (Å²) < 4.78 is 16.2. The van der Waals surface area contributed by atoms with Crippen molar-refractivity contribution in [3.8, 4) is 0 Å². The molecule has 0 aromatic heterocycles. The summed E-state index contributed by atoms with van der Waals surface area (Å²) in [5, 5.41) is 8.76. The van der Waals surface area contributed by atoms with Gasteiger partial charge in [0.15, 0.2) is 0 Å². The van der Waals surface area contributed by atoms with E-state index < -0.39 is 0 Å². The fraction of sp³-hybridized carbons (Fsp3) is 1.00. The molecule has 0 aliphatic heterocycles. The fourth-order valence-electron chi connectivity index (χ4n) is 1.06. The molecular formula is C12H26O4. The molecule has 2 atom stereocenters. The average molecular weight is 234 g/mol. The van der Waals surface area contributed by atoms with E-state index in [9.17, 15) is 0 Å². The molecular weight excluding hydrogens is 208 g/mol. The molecule has 0 fully saturated rings. The van der Waals surface area contributed by atoms with Crippen LogP contribution >= 0.6 is 0 Å². The maximum atomic E-state index is 8.76. The third kappa shape index (κ3) is 10.4. The molecule has 0 saturated carbocycles. The van der Waals surface area contributed by atoms with E-state index in [-0.39, 0.29) is 18.8 Å². The summed E-state index contributed by atoms with van der Waals surface area (Å²) in [6.45, 7) is 8.54. The fourth-order valence-corrected chi connectivity index (χ4v) is 1.06. The monoisotopic (exact) mass is 234 g/mol. The van der Waals surface area contributed by atoms with E-state index in [1.165, 1.54) is 0 Å². The minimum absolute atomic E-state index is 0.0452. The zero-order valence-electron chi connectivity index (χ0n) is 10.8. The minimum Gasteiger partial charge on any atom is -0.394 e. The van der Waals surface area contributed by atoms with Gasteiger partial charge in [0.05, 0.1) is 38.6 Å². The molecule has 0 bridgehead atoms. The van der Waals surface area contributed by atoms with Crippen molar-refractivity contribution in [2.75, 3.05) is 33.0 Å². The van der Waals surface area contributed by atoms with Crippen LogP contribution in [0.3, 0.4) is 0 Å². The highest BCUT2D eigenvalue weighted by Crippen LogP contribution is 1.96. The SMILES string of the molecule is CCCCOCCOC(C)COC(C)CO. The molecule has 0 rings (SSSR count). The van der Waals surface area contributed by atoms with Gasteiger partial charge in [-0.2, -0.15) is 0 Å². The van der Waals surface area contributed by atoms with Gasteiger partial charge >= 0.3 is 0 Å². The van der Waals surface area contributed by atoms with Crippen LogP contribution in [-0.2, 0) is 14.2 Å². The molecule has 98 valence electrons. The highest BCUT2D eigenvalue weighted by Gasteiger charge is 2.05. The first kappa shape index (κ1) is 15.8. The maximum Gasteiger partial charge on any atom is 0.0781 e. The third-order valence-corrected chi connectivity index (χ3v) is 2.14. The van der Waals surface area contributed by atoms with Crippen LogP contribution in [0.4, 0.5) is 0 Å². The Bertz CT molecular complexity index is 141. The zero-order chi connectivity index (χ0) is 12.2. The number of hydrogen-bond acceptors (Lipinski definition) is 4. The minimum atomic E-state index is -0.119. The van der Waals surface area contributed by atoms with Crippen LogP contribution in [0.25, 0.3) is 0 Å². The second-order valence-electron chi connectivity index (χ2n) is 3.97. The Hall–Kier alpha value is -0.160. The van der Waals surface area contributed by atoms with Crippen LogP contribution in [0.5, 0.6) is 0 Å². The topological polar surface area (TPSA) is 47.9 Å². The van der Waals surface area contributed by atoms with E-state index in [4.69, 9.17) is 19.3 Å². The van der Waals surface area contributed by atoms with Gasteiger partial charge in [-0.1, -0.05) is 13.3 Å². The van der Waals surface area contributed by atoms with Crippen LogP contribution < -0.4 is 0 Å². The van der Waals surface area contributed by atoms with Crippen LogP contribution in [0.15, 0.2) is 0 Å². The number of hydrogen-bond donors (Lipinski definition) is 1. The number of aliphatic hydroxyl groups excluding tert-OH is 1. The van der Waals surface area contributed by atoms with Gasteiger partial charge in [-0.15, -0.1) is 0 Å². The Labute approximate surface area is 98.9 Å². The third-order valence-electron chi connectivity index (χ3n) is 2.14. The number of unbranched alkanes of at least 4 members (excludes halogenated alkanes) is 1. The van der Waals surface area contributed by atoms with Crippen LogP contribution in [0.2, 0.25) is 0 Å². The Morgan fingerprint density at radius 1 is 1.00 bits per heavy atom. The summed E-state index contributed by atoms with van der Waals surface area (Å²) in [6.07, 6.45) is 2.19. The van der Waals surface area contributed by atoms with Crippen molar-refractivity contribution in [1.82, 2.24) is 0 Å². The predicted octanol–water partition coefficient (Wildman–Crippen LogP) is 1.61. The molecule has 2 unspecified atom stereocenters. The van der Waals surface area contributed by atoms with Gasteiger partial charge in [0.1, 0.15) is 0 Å². The quantitative estimate of drug-likeness (QED) is 0.552. The van der Waals surface area contributed by atoms with E-state index in [1.54, 1.807) is 0 Å². The Morgan fingerprint density at radius 2 is 1.75 bits per heavy atom. The Morgan fingerprint density at radius 3 is 2.38 bits per heavy atom. The lowest BCUT2D eigenvalue weighted by Crippen LogP contribution is -2.23. The molecule has 0 aromatic carbocycles. The lowest BCUT2D eigenvalue weighted by molar-refractivity contribution is -0.0572. The zero-order valence-corrected chi connectivity index (χ0v) is 10.8. The van der Waals surface area contributed by atoms with E-state index >= 15 is 0 Å². The van der Waals surface area contributed by atoms with Crippen LogP contribution in [0, 0.1) is 0 Å². The first-order chi connectivity index (χ1) is 7.70. The first-order valence-corrected chi connectivity index (χ1v) is 6.12. The standard InChI is InChI=1S/C12H26O4/c1-4-5-6-14-7-8-15-12(3)10-16-11(2)9-13/h11-13H,4-10H2,1-3H3. The van der Waals surface area contributed by atoms with Crippen molar-refractivity contribution in [2.45, 2.75) is 45.8 Å². The van der Waals surface area contributed by atoms with Crippen molar-refractivity contribution in [2.24, 2.45) is 0 Å². The lowest BCUT2D eigenvalue weighted by atomic mass is 10.4. The van der Waals surface area contributed by atoms with E-state index in [0.717, 1.165) is 19.4 Å². The second-order valence-corrected chi connectivity index (χ2v) is 3.97. The van der Waals surface area contributed by atoms with E-state index in [1.807, 2.05) is 13.8 Å². The Balaban J connectivity index is 3.20. The van der Waals surface area contributed by atoms with Gasteiger partial charge in [-0.05, 0) is 20.3 Å². The Kier molecular flexibility index (Phi) is 11.2. The number of ether oxygens (including phenoxy) is 3. The number of rotatable bonds is 11. The highest BCUT2D eigenvalue weighted by molar-refractivity contribution is 4.51. The first-order valence-electron chi connectivity index (χ1n) is 6.12. The molecule has 0 aliphatic rings. The maximum absolute atomic E-state index is 8.76. The summed E-state index contributed by atoms with van der Waals surface area (Å²) in [6, 6.07) is 0. The molecule has 1 N–H and O–H groups in total. The largest absolute Gasteiger partial charge is 0.394 e. The lowest BCUT2D eigenvalue weighted by Gasteiger charge is -2.16. The van der Waals surface area contributed by atoms with Crippen molar-refractivity contribution >= 4 is 0 Å². The van der Waals surface area contributed by atoms with E-state index in [2.05, 4.69) is 6.92 Å². The molecule has 4 heteroatoms. The highest BCUT2D eigenvalue weighted by atomic mass is 16.6. The van der Waals surface area contributed by atoms with Gasteiger partial charge in [-0.25, -0.2) is 0 Å². The van der Waals surface area contributed by atoms with Gasteiger partial charge in [-0.3, -0.25) is 0 Å². The van der Waals surface area contributed by atoms with Gasteiger partial charge < -0.3 is 19.3 Å². The normalized spacial score (nSPS) is 15.0. The average Bonchev–Trinajstić information content (AvgIpc) is 2.30. The van der Waals surface area contributed by atoms with Crippen molar-refractivity contribution in [3.63, 3.8) is 0 Å². The van der Waals surface area contributed by atoms with E-state index in [0.29, 0.717) is 19.8 Å². The van der Waals surface area contributed by atoms with Crippen molar-refractivity contribution in [1.29, 1.82) is 0 Å². The number of aliphatic hydroxyl groups is 1. The van der Waals surface area contributed by atoms with Gasteiger partial charge in [0.25, 0.3) is 0 Å². The summed E-state index contributed by atoms with van der Waals surface area (Å²) in [4.78, 5) is 0. The molecule has 0 spiro atoms. The van der Waals surface area contributed by atoms with Gasteiger partial charge in [0, 0.05) is 6.61 Å². The van der Waals surface area contributed by atoms with Gasteiger partial charge in [0.2, 0.25) is 0 Å². The molecule has 0 aliphatic carbocycles. The summed E-state index contributed by atoms with van der Waals surface area (Å²) in [5.41, 5.74) is 0. The summed E-state index contributed by atoms with van der Waals surface area (Å²) in [7, 11) is 0. The predicted molar refractivity (Wildman–Crippen MR) is 63.6 cm³/mol. The molecule has 0 aromatic rings. The smallest absolute Gasteiger partial charge is 0.0781 e. The van der Waals surface area contributed by atoms with Crippen molar-refractivity contribution in [3.05, 3.63) is 0 Å². The summed E-state index contributed by atoms with van der Waals surface area (Å²) in [5.74, 6) is 0. The van der Waals surface area contributed by atoms with Crippen LogP contribution in [0.1, 0.15) is 33.6 Å². The molecule has 0 saturated heterocycles. The molecule has 16 heavy (non-hydrogen) atoms. The molecule has 4 nitrogen and oxygen atoms in total. The summed E-state index contributed by atoms with van der Waals surface area (Å²) >= 11 is 0. The molecule has 0 heterocycles. The van der Waals surface area contributed by atoms with Crippen molar-refractivity contribution < 1.29 is 19.3 Å².